The minimum absolute atomic E-state index is 0.0616. The second-order valence-corrected chi connectivity index (χ2v) is 12.9. The van der Waals surface area contributed by atoms with Crippen LogP contribution in [0.25, 0.3) is 11.4 Å². The van der Waals surface area contributed by atoms with Crippen LogP contribution in [0.2, 0.25) is 5.02 Å². The highest BCUT2D eigenvalue weighted by Crippen LogP contribution is 2.29. The molecule has 1 aromatic carbocycles. The van der Waals surface area contributed by atoms with Crippen molar-refractivity contribution in [1.82, 2.24) is 34.0 Å². The number of benzene rings is 1. The molecule has 0 unspecified atom stereocenters. The number of ether oxygens (including phenoxy) is 1. The molecule has 50 heavy (non-hydrogen) atoms. The van der Waals surface area contributed by atoms with Crippen LogP contribution in [0.15, 0.2) is 35.4 Å². The number of anilines is 2. The van der Waals surface area contributed by atoms with Crippen molar-refractivity contribution in [3.8, 4) is 17.6 Å². The molecule has 7 rings (SSSR count). The van der Waals surface area contributed by atoms with Crippen molar-refractivity contribution in [2.45, 2.75) is 46.1 Å². The van der Waals surface area contributed by atoms with E-state index in [4.69, 9.17) is 21.3 Å². The summed E-state index contributed by atoms with van der Waals surface area (Å²) in [5, 5.41) is 18.3. The zero-order valence-corrected chi connectivity index (χ0v) is 28.5. The minimum Gasteiger partial charge on any atom is -0.504 e. The van der Waals surface area contributed by atoms with Crippen LogP contribution in [0.5, 0.6) is 5.75 Å². The molecule has 0 radical (unpaired) electrons. The fraction of sp³-hybridized carbons (Fsp3) is 0.400. The first kappa shape index (κ1) is 33.2. The van der Waals surface area contributed by atoms with Crippen molar-refractivity contribution in [1.29, 1.82) is 0 Å². The maximum Gasteiger partial charge on any atom is 0.299 e. The van der Waals surface area contributed by atoms with Crippen molar-refractivity contribution >= 4 is 46.1 Å². The molecule has 5 heterocycles. The van der Waals surface area contributed by atoms with E-state index in [1.165, 1.54) is 10.8 Å². The smallest absolute Gasteiger partial charge is 0.299 e. The van der Waals surface area contributed by atoms with Gasteiger partial charge in [0.25, 0.3) is 11.5 Å². The standard InChI is InChI=1S/C35H36ClN9O5/c1-3-27-30(42-12-14-43(15-13-42)33(48)29-31(47)21(2)37-20-38-29)34(49)45-35(40-32(41-45)24-10-16-50-17-11-24)44(27)19-28(46)39-26-9-8-23(18-25(26)36)7-6-22-4-5-22/h8-10,18,20,22,47H,3-5,11-17,19H2,1-2H3,(H,39,46). The van der Waals surface area contributed by atoms with Crippen LogP contribution in [0.1, 0.15) is 59.5 Å². The molecular formula is C35H36ClN9O5. The van der Waals surface area contributed by atoms with Crippen molar-refractivity contribution in [2.24, 2.45) is 5.92 Å². The molecule has 3 aliphatic rings. The highest BCUT2D eigenvalue weighted by Gasteiger charge is 2.31. The Hall–Kier alpha value is -5.26. The highest BCUT2D eigenvalue weighted by molar-refractivity contribution is 6.33. The van der Waals surface area contributed by atoms with Gasteiger partial charge >= 0.3 is 0 Å². The quantitative estimate of drug-likeness (QED) is 0.275. The summed E-state index contributed by atoms with van der Waals surface area (Å²) >= 11 is 6.56. The summed E-state index contributed by atoms with van der Waals surface area (Å²) in [7, 11) is 0. The average molecular weight is 698 g/mol. The topological polar surface area (TPSA) is 160 Å². The van der Waals surface area contributed by atoms with E-state index in [1.54, 1.807) is 28.5 Å². The number of hydrogen-bond acceptors (Lipinski definition) is 10. The molecule has 2 amide bonds. The number of carbonyl (C=O) groups is 2. The van der Waals surface area contributed by atoms with E-state index in [9.17, 15) is 19.5 Å². The van der Waals surface area contributed by atoms with Crippen molar-refractivity contribution in [3.63, 3.8) is 0 Å². The van der Waals surface area contributed by atoms with Gasteiger partial charge in [-0.25, -0.2) is 9.97 Å². The molecule has 2 aliphatic heterocycles. The van der Waals surface area contributed by atoms with E-state index in [1.807, 2.05) is 24.0 Å². The largest absolute Gasteiger partial charge is 0.504 e. The fourth-order valence-corrected chi connectivity index (χ4v) is 6.37. The van der Waals surface area contributed by atoms with Gasteiger partial charge in [0, 0.05) is 37.7 Å². The van der Waals surface area contributed by atoms with Gasteiger partial charge in [-0.1, -0.05) is 36.4 Å². The molecule has 0 bridgehead atoms. The number of aromatic nitrogens is 6. The van der Waals surface area contributed by atoms with Crippen LogP contribution < -0.4 is 15.8 Å². The van der Waals surface area contributed by atoms with E-state index in [-0.39, 0.29) is 48.3 Å². The van der Waals surface area contributed by atoms with Gasteiger partial charge in [-0.2, -0.15) is 9.50 Å². The van der Waals surface area contributed by atoms with Gasteiger partial charge in [-0.15, -0.1) is 5.10 Å². The highest BCUT2D eigenvalue weighted by atomic mass is 35.5. The molecule has 2 fully saturated rings. The van der Waals surface area contributed by atoms with Gasteiger partial charge in [0.15, 0.2) is 17.3 Å². The number of halogens is 1. The second-order valence-electron chi connectivity index (χ2n) is 12.5. The minimum atomic E-state index is -0.416. The van der Waals surface area contributed by atoms with Crippen molar-refractivity contribution in [3.05, 3.63) is 74.4 Å². The number of piperazine rings is 1. The van der Waals surface area contributed by atoms with E-state index in [0.717, 1.165) is 24.0 Å². The summed E-state index contributed by atoms with van der Waals surface area (Å²) in [4.78, 5) is 57.4. The lowest BCUT2D eigenvalue weighted by atomic mass is 10.1. The Kier molecular flexibility index (Phi) is 9.26. The number of amides is 2. The third-order valence-corrected chi connectivity index (χ3v) is 9.36. The maximum absolute atomic E-state index is 14.2. The van der Waals surface area contributed by atoms with Gasteiger partial charge in [-0.3, -0.25) is 14.4 Å². The van der Waals surface area contributed by atoms with Crippen LogP contribution in [-0.2, 0) is 22.5 Å². The first-order chi connectivity index (χ1) is 24.2. The molecule has 1 aliphatic carbocycles. The van der Waals surface area contributed by atoms with Gasteiger partial charge in [-0.05, 0) is 56.4 Å². The van der Waals surface area contributed by atoms with Crippen LogP contribution in [0.4, 0.5) is 11.4 Å². The number of fused-ring (bicyclic) bond motifs is 1. The van der Waals surface area contributed by atoms with E-state index in [2.05, 4.69) is 32.2 Å². The van der Waals surface area contributed by atoms with Crippen molar-refractivity contribution in [2.75, 3.05) is 49.6 Å². The van der Waals surface area contributed by atoms with Crippen LogP contribution >= 0.6 is 11.6 Å². The van der Waals surface area contributed by atoms with Crippen LogP contribution in [0, 0.1) is 24.7 Å². The van der Waals surface area contributed by atoms with Gasteiger partial charge < -0.3 is 29.5 Å². The Bertz CT molecular complexity index is 2150. The normalized spacial score (nSPS) is 16.2. The Morgan fingerprint density at radius 2 is 1.96 bits per heavy atom. The van der Waals surface area contributed by atoms with Crippen LogP contribution in [-0.4, -0.2) is 90.3 Å². The number of nitrogens with zero attached hydrogens (tertiary/aromatic N) is 8. The van der Waals surface area contributed by atoms with E-state index in [0.29, 0.717) is 78.7 Å². The Morgan fingerprint density at radius 3 is 2.66 bits per heavy atom. The number of carbonyl (C=O) groups excluding carboxylic acids is 2. The Morgan fingerprint density at radius 1 is 1.16 bits per heavy atom. The molecule has 1 saturated carbocycles. The second kappa shape index (κ2) is 13.9. The monoisotopic (exact) mass is 697 g/mol. The third kappa shape index (κ3) is 6.66. The van der Waals surface area contributed by atoms with Crippen molar-refractivity contribution < 1.29 is 19.4 Å². The molecular weight excluding hydrogens is 662 g/mol. The predicted octanol–water partition coefficient (Wildman–Crippen LogP) is 3.08. The number of aryl methyl sites for hydroxylation is 1. The summed E-state index contributed by atoms with van der Waals surface area (Å²) in [5.41, 5.74) is 2.97. The maximum atomic E-state index is 14.2. The summed E-state index contributed by atoms with van der Waals surface area (Å²) in [6, 6.07) is 5.30. The average Bonchev–Trinajstić information content (AvgIpc) is 3.85. The van der Waals surface area contributed by atoms with Gasteiger partial charge in [0.1, 0.15) is 18.6 Å². The summed E-state index contributed by atoms with van der Waals surface area (Å²) in [6.45, 7) is 5.49. The Balaban J connectivity index is 1.20. The number of rotatable bonds is 7. The zero-order chi connectivity index (χ0) is 34.9. The first-order valence-electron chi connectivity index (χ1n) is 16.7. The number of aromatic hydroxyl groups is 1. The molecule has 0 atom stereocenters. The Labute approximate surface area is 292 Å². The molecule has 2 N–H and O–H groups in total. The summed E-state index contributed by atoms with van der Waals surface area (Å²) in [5.74, 6) is 6.43. The lowest BCUT2D eigenvalue weighted by Gasteiger charge is -2.36. The first-order valence-corrected chi connectivity index (χ1v) is 17.0. The molecule has 15 heteroatoms. The molecule has 1 saturated heterocycles. The van der Waals surface area contributed by atoms with Crippen LogP contribution in [0.3, 0.4) is 0 Å². The molecule has 4 aromatic rings. The third-order valence-electron chi connectivity index (χ3n) is 9.04. The van der Waals surface area contributed by atoms with Gasteiger partial charge in [0.2, 0.25) is 11.7 Å². The van der Waals surface area contributed by atoms with Gasteiger partial charge in [0.05, 0.1) is 35.3 Å². The zero-order valence-electron chi connectivity index (χ0n) is 27.8. The molecule has 258 valence electrons. The lowest BCUT2D eigenvalue weighted by Crippen LogP contribution is -2.51. The fourth-order valence-electron chi connectivity index (χ4n) is 6.14. The molecule has 0 spiro atoms. The van der Waals surface area contributed by atoms with E-state index >= 15 is 0 Å². The predicted molar refractivity (Wildman–Crippen MR) is 186 cm³/mol. The summed E-state index contributed by atoms with van der Waals surface area (Å²) < 4.78 is 8.45. The number of hydrogen-bond donors (Lipinski definition) is 2. The molecule has 14 nitrogen and oxygen atoms in total. The summed E-state index contributed by atoms with van der Waals surface area (Å²) in [6.07, 6.45) is 6.40. The SMILES string of the molecule is CCc1c(N2CCN(C(=O)c3ncnc(C)c3O)CC2)c(=O)n2nc(C3=CCOCC3)nc2n1CC(=O)Nc1ccc(C#CC2CC2)cc1Cl. The number of nitrogens with one attached hydrogen (secondary N) is 1. The lowest BCUT2D eigenvalue weighted by molar-refractivity contribution is -0.116. The van der Waals surface area contributed by atoms with E-state index < -0.39 is 5.91 Å². The molecule has 3 aromatic heterocycles.